The molecule has 5 rings (SSSR count). The number of aromatic nitrogens is 1. The largest absolute Gasteiger partial charge is 0.369 e. The van der Waals surface area contributed by atoms with E-state index in [2.05, 4.69) is 65.1 Å². The van der Waals surface area contributed by atoms with Gasteiger partial charge in [-0.15, -0.1) is 0 Å². The Morgan fingerprint density at radius 3 is 2.50 bits per heavy atom. The van der Waals surface area contributed by atoms with Gasteiger partial charge in [0.1, 0.15) is 0 Å². The molecule has 2 aliphatic rings. The van der Waals surface area contributed by atoms with Gasteiger partial charge in [-0.2, -0.15) is 0 Å². The van der Waals surface area contributed by atoms with Gasteiger partial charge in [-0.1, -0.05) is 18.2 Å². The van der Waals surface area contributed by atoms with Crippen molar-refractivity contribution >= 4 is 45.4 Å². The number of hydrogen-bond acceptors (Lipinski definition) is 6. The summed E-state index contributed by atoms with van der Waals surface area (Å²) >= 11 is 0.935. The number of aryl methyl sites for hydroxylation is 1. The quantitative estimate of drug-likeness (QED) is 0.535. The molecule has 0 unspecified atom stereocenters. The maximum absolute atomic E-state index is 12.0. The normalized spacial score (nSPS) is 18.4. The molecule has 3 heterocycles. The summed E-state index contributed by atoms with van der Waals surface area (Å²) in [5, 5.41) is 4.08. The Morgan fingerprint density at radius 2 is 1.82 bits per heavy atom. The van der Waals surface area contributed by atoms with Crippen LogP contribution in [0.2, 0.25) is 0 Å². The average Bonchev–Trinajstić information content (AvgIpc) is 3.15. The number of nitrogens with zero attached hydrogens (tertiary/aromatic N) is 3. The van der Waals surface area contributed by atoms with E-state index >= 15 is 0 Å². The van der Waals surface area contributed by atoms with Crippen molar-refractivity contribution in [1.82, 2.24) is 15.2 Å². The molecule has 6 nitrogen and oxygen atoms in total. The molecular weight excluding hydrogens is 444 g/mol. The monoisotopic (exact) mass is 472 g/mol. The molecule has 7 heteroatoms. The summed E-state index contributed by atoms with van der Waals surface area (Å²) < 4.78 is 0. The molecule has 2 fully saturated rings. The molecule has 2 aromatic carbocycles. The summed E-state index contributed by atoms with van der Waals surface area (Å²) in [4.78, 5) is 33.3. The van der Waals surface area contributed by atoms with Crippen LogP contribution in [-0.2, 0) is 4.79 Å². The van der Waals surface area contributed by atoms with Crippen LogP contribution in [0.4, 0.5) is 10.5 Å². The zero-order valence-electron chi connectivity index (χ0n) is 19.7. The molecule has 0 aliphatic carbocycles. The lowest BCUT2D eigenvalue weighted by Crippen LogP contribution is -2.49. The van der Waals surface area contributed by atoms with Crippen LogP contribution >= 0.6 is 11.8 Å². The molecule has 0 saturated carbocycles. The number of hydrogen-bond donors (Lipinski definition) is 1. The van der Waals surface area contributed by atoms with Gasteiger partial charge in [0.15, 0.2) is 0 Å². The van der Waals surface area contributed by atoms with E-state index in [9.17, 15) is 9.59 Å². The molecule has 2 amide bonds. The lowest BCUT2D eigenvalue weighted by molar-refractivity contribution is -0.115. The van der Waals surface area contributed by atoms with Gasteiger partial charge in [0.05, 0.1) is 4.91 Å². The molecule has 0 atom stereocenters. The lowest BCUT2D eigenvalue weighted by atomic mass is 9.97. The minimum absolute atomic E-state index is 0.330. The van der Waals surface area contributed by atoms with Crippen molar-refractivity contribution in [1.29, 1.82) is 0 Å². The van der Waals surface area contributed by atoms with Crippen molar-refractivity contribution in [2.75, 3.05) is 31.1 Å². The summed E-state index contributed by atoms with van der Waals surface area (Å²) in [5.41, 5.74) is 5.59. The van der Waals surface area contributed by atoms with Crippen molar-refractivity contribution in [3.63, 3.8) is 0 Å². The highest BCUT2D eigenvalue weighted by Gasteiger charge is 2.25. The van der Waals surface area contributed by atoms with Crippen LogP contribution in [0.3, 0.4) is 0 Å². The second kappa shape index (κ2) is 9.24. The highest BCUT2D eigenvalue weighted by molar-refractivity contribution is 8.18. The van der Waals surface area contributed by atoms with Gasteiger partial charge in [-0.3, -0.25) is 24.8 Å². The summed E-state index contributed by atoms with van der Waals surface area (Å²) in [6.07, 6.45) is 5.51. The Labute approximate surface area is 204 Å². The zero-order chi connectivity index (χ0) is 23.8. The summed E-state index contributed by atoms with van der Waals surface area (Å²) in [7, 11) is 0. The first-order valence-electron chi connectivity index (χ1n) is 11.6. The van der Waals surface area contributed by atoms with E-state index in [4.69, 9.17) is 0 Å². The number of thioether (sulfide) groups is 1. The van der Waals surface area contributed by atoms with Crippen LogP contribution in [0.1, 0.15) is 25.0 Å². The van der Waals surface area contributed by atoms with E-state index in [-0.39, 0.29) is 11.1 Å². The Balaban J connectivity index is 1.46. The van der Waals surface area contributed by atoms with Crippen LogP contribution in [0.5, 0.6) is 0 Å². The standard InChI is InChI=1S/C27H28N4O2S/c1-17(2)30-8-10-31(11-9-30)24-7-6-20(12-18(24)3)23-16-28-15-21-5-4-19(13-22(21)23)14-25-26(32)29-27(33)34-25/h4-7,12-17H,8-11H2,1-3H3,(H,29,32,33). The minimum Gasteiger partial charge on any atom is -0.369 e. The Morgan fingerprint density at radius 1 is 1.03 bits per heavy atom. The van der Waals surface area contributed by atoms with Crippen LogP contribution in [0.15, 0.2) is 53.7 Å². The summed E-state index contributed by atoms with van der Waals surface area (Å²) in [6.45, 7) is 11.0. The number of carbonyl (C=O) groups is 2. The fourth-order valence-electron chi connectivity index (χ4n) is 4.73. The number of pyridine rings is 1. The second-order valence-electron chi connectivity index (χ2n) is 9.14. The molecule has 174 valence electrons. The van der Waals surface area contributed by atoms with E-state index in [0.717, 1.165) is 65.4 Å². The number of nitrogens with one attached hydrogen (secondary N) is 1. The number of imide groups is 1. The Hall–Kier alpha value is -3.16. The highest BCUT2D eigenvalue weighted by Crippen LogP contribution is 2.33. The first kappa shape index (κ1) is 22.6. The first-order valence-corrected chi connectivity index (χ1v) is 12.4. The van der Waals surface area contributed by atoms with Crippen LogP contribution in [0.25, 0.3) is 28.0 Å². The van der Waals surface area contributed by atoms with Crippen molar-refractivity contribution in [3.8, 4) is 11.1 Å². The number of benzene rings is 2. The molecule has 1 aromatic heterocycles. The number of fused-ring (bicyclic) bond motifs is 1. The smallest absolute Gasteiger partial charge is 0.290 e. The number of piperazine rings is 1. The minimum atomic E-state index is -0.342. The number of carbonyl (C=O) groups excluding carboxylic acids is 2. The van der Waals surface area contributed by atoms with Gasteiger partial charge >= 0.3 is 0 Å². The van der Waals surface area contributed by atoms with Gasteiger partial charge in [0.2, 0.25) is 0 Å². The van der Waals surface area contributed by atoms with Gasteiger partial charge in [0, 0.05) is 61.3 Å². The van der Waals surface area contributed by atoms with Crippen LogP contribution in [0, 0.1) is 6.92 Å². The lowest BCUT2D eigenvalue weighted by Gasteiger charge is -2.38. The zero-order valence-corrected chi connectivity index (χ0v) is 20.5. The van der Waals surface area contributed by atoms with Crippen molar-refractivity contribution in [2.45, 2.75) is 26.8 Å². The third kappa shape index (κ3) is 4.45. The van der Waals surface area contributed by atoms with E-state index in [1.54, 1.807) is 6.08 Å². The molecule has 0 bridgehead atoms. The molecule has 0 spiro atoms. The predicted molar refractivity (Wildman–Crippen MR) is 140 cm³/mol. The Kier molecular flexibility index (Phi) is 6.15. The van der Waals surface area contributed by atoms with Crippen LogP contribution in [-0.4, -0.2) is 53.3 Å². The molecule has 2 aliphatic heterocycles. The maximum Gasteiger partial charge on any atom is 0.290 e. The van der Waals surface area contributed by atoms with Crippen molar-refractivity contribution in [2.24, 2.45) is 0 Å². The van der Waals surface area contributed by atoms with Gasteiger partial charge < -0.3 is 4.90 Å². The number of amides is 2. The summed E-state index contributed by atoms with van der Waals surface area (Å²) in [6, 6.07) is 13.3. The second-order valence-corrected chi connectivity index (χ2v) is 10.2. The van der Waals surface area contributed by atoms with Crippen molar-refractivity contribution in [3.05, 3.63) is 64.8 Å². The maximum atomic E-state index is 12.0. The average molecular weight is 473 g/mol. The van der Waals surface area contributed by atoms with E-state index in [0.29, 0.717) is 10.9 Å². The molecule has 1 N–H and O–H groups in total. The molecule has 2 saturated heterocycles. The topological polar surface area (TPSA) is 65.5 Å². The molecule has 0 radical (unpaired) electrons. The van der Waals surface area contributed by atoms with Gasteiger partial charge in [-0.05, 0) is 78.9 Å². The Bertz CT molecular complexity index is 1310. The molecule has 34 heavy (non-hydrogen) atoms. The SMILES string of the molecule is Cc1cc(-c2cncc3ccc(C=C4SC(=O)NC4=O)cc23)ccc1N1CCN(C(C)C)CC1. The number of anilines is 1. The third-order valence-corrected chi connectivity index (χ3v) is 7.43. The fraction of sp³-hybridized carbons (Fsp3) is 0.296. The van der Waals surface area contributed by atoms with Gasteiger partial charge in [-0.25, -0.2) is 0 Å². The van der Waals surface area contributed by atoms with Gasteiger partial charge in [0.25, 0.3) is 11.1 Å². The van der Waals surface area contributed by atoms with Crippen molar-refractivity contribution < 1.29 is 9.59 Å². The third-order valence-electron chi connectivity index (χ3n) is 6.62. The summed E-state index contributed by atoms with van der Waals surface area (Å²) in [5.74, 6) is -0.342. The fourth-order valence-corrected chi connectivity index (χ4v) is 5.41. The molecule has 3 aromatic rings. The number of rotatable bonds is 4. The molecular formula is C27H28N4O2S. The predicted octanol–water partition coefficient (Wildman–Crippen LogP) is 5.06. The van der Waals surface area contributed by atoms with Crippen LogP contribution < -0.4 is 10.2 Å². The first-order chi connectivity index (χ1) is 16.4. The van der Waals surface area contributed by atoms with E-state index in [1.807, 2.05) is 24.5 Å². The highest BCUT2D eigenvalue weighted by atomic mass is 32.2. The van der Waals surface area contributed by atoms with E-state index in [1.165, 1.54) is 11.3 Å². The van der Waals surface area contributed by atoms with E-state index < -0.39 is 0 Å².